The fourth-order valence-corrected chi connectivity index (χ4v) is 4.04. The Morgan fingerprint density at radius 3 is 2.85 bits per heavy atom. The van der Waals surface area contributed by atoms with E-state index in [1.807, 2.05) is 25.1 Å². The summed E-state index contributed by atoms with van der Waals surface area (Å²) < 4.78 is 0.680. The lowest BCUT2D eigenvalue weighted by molar-refractivity contribution is -0.132. The fourth-order valence-electron chi connectivity index (χ4n) is 2.15. The lowest BCUT2D eigenvalue weighted by Crippen LogP contribution is -2.39. The number of anilines is 2. The van der Waals surface area contributed by atoms with Crippen molar-refractivity contribution in [3.63, 3.8) is 0 Å². The minimum absolute atomic E-state index is 0.0764. The number of rotatable bonds is 8. The maximum absolute atomic E-state index is 12.2. The van der Waals surface area contributed by atoms with Crippen LogP contribution in [0.2, 0.25) is 5.02 Å². The number of aryl methyl sites for hydroxylation is 1. The lowest BCUT2D eigenvalue weighted by Gasteiger charge is -2.16. The quantitative estimate of drug-likeness (QED) is 0.632. The molecule has 0 spiro atoms. The first-order chi connectivity index (χ1) is 12.9. The topological polar surface area (TPSA) is 87.2 Å². The van der Waals surface area contributed by atoms with Crippen LogP contribution >= 0.6 is 34.7 Å². The van der Waals surface area contributed by atoms with Gasteiger partial charge in [-0.1, -0.05) is 40.8 Å². The van der Waals surface area contributed by atoms with E-state index in [0.717, 1.165) is 24.1 Å². The van der Waals surface area contributed by atoms with Crippen LogP contribution in [0.1, 0.15) is 18.4 Å². The van der Waals surface area contributed by atoms with Crippen LogP contribution in [0.5, 0.6) is 0 Å². The van der Waals surface area contributed by atoms with Gasteiger partial charge in [0.25, 0.3) is 0 Å². The average molecular weight is 426 g/mol. The number of carbonyl (C=O) groups excluding carboxylic acids is 2. The number of hydrogen-bond donors (Lipinski definition) is 2. The first-order valence-electron chi connectivity index (χ1n) is 8.43. The zero-order valence-electron chi connectivity index (χ0n) is 15.0. The van der Waals surface area contributed by atoms with E-state index in [2.05, 4.69) is 20.8 Å². The normalized spacial score (nSPS) is 13.3. The molecular formula is C17H20ClN5O2S2. The first-order valence-corrected chi connectivity index (χ1v) is 10.6. The average Bonchev–Trinajstić information content (AvgIpc) is 3.32. The molecule has 1 fully saturated rings. The second kappa shape index (κ2) is 8.90. The van der Waals surface area contributed by atoms with Crippen molar-refractivity contribution in [2.24, 2.45) is 0 Å². The van der Waals surface area contributed by atoms with Gasteiger partial charge in [-0.2, -0.15) is 0 Å². The fraction of sp³-hybridized carbons (Fsp3) is 0.412. The van der Waals surface area contributed by atoms with Crippen molar-refractivity contribution >= 4 is 57.3 Å². The Kier molecular flexibility index (Phi) is 6.56. The summed E-state index contributed by atoms with van der Waals surface area (Å²) in [5, 5.41) is 15.5. The van der Waals surface area contributed by atoms with Crippen molar-refractivity contribution in [3.05, 3.63) is 28.8 Å². The van der Waals surface area contributed by atoms with E-state index in [0.29, 0.717) is 20.5 Å². The molecule has 1 saturated carbocycles. The standard InChI is InChI=1S/C17H20ClN5O2S2/c1-10-3-4-12(7-13(10)18)20-16-21-22-17(27-16)26-9-15(25)23(2)8-14(24)19-11-5-6-11/h3-4,7,11H,5-6,8-9H2,1-2H3,(H,19,24)(H,20,21). The molecule has 27 heavy (non-hydrogen) atoms. The van der Waals surface area contributed by atoms with Crippen LogP contribution < -0.4 is 10.6 Å². The molecular weight excluding hydrogens is 406 g/mol. The highest BCUT2D eigenvalue weighted by Crippen LogP contribution is 2.29. The summed E-state index contributed by atoms with van der Waals surface area (Å²) in [6, 6.07) is 5.97. The third-order valence-electron chi connectivity index (χ3n) is 3.90. The highest BCUT2D eigenvalue weighted by atomic mass is 35.5. The monoisotopic (exact) mass is 425 g/mol. The Bertz CT molecular complexity index is 840. The molecule has 1 aromatic carbocycles. The minimum Gasteiger partial charge on any atom is -0.352 e. The molecule has 144 valence electrons. The molecule has 10 heteroatoms. The van der Waals surface area contributed by atoms with Gasteiger partial charge in [0.05, 0.1) is 12.3 Å². The molecule has 0 radical (unpaired) electrons. The summed E-state index contributed by atoms with van der Waals surface area (Å²) in [4.78, 5) is 25.4. The van der Waals surface area contributed by atoms with Gasteiger partial charge < -0.3 is 15.5 Å². The molecule has 0 unspecified atom stereocenters. The van der Waals surface area contributed by atoms with E-state index < -0.39 is 0 Å². The van der Waals surface area contributed by atoms with Gasteiger partial charge in [-0.15, -0.1) is 10.2 Å². The summed E-state index contributed by atoms with van der Waals surface area (Å²) >= 11 is 8.78. The first kappa shape index (κ1) is 19.9. The van der Waals surface area contributed by atoms with Crippen molar-refractivity contribution in [2.45, 2.75) is 30.1 Å². The summed E-state index contributed by atoms with van der Waals surface area (Å²) in [5.41, 5.74) is 1.83. The van der Waals surface area contributed by atoms with Crippen LogP contribution in [0.15, 0.2) is 22.5 Å². The molecule has 7 nitrogen and oxygen atoms in total. The van der Waals surface area contributed by atoms with Gasteiger partial charge in [-0.25, -0.2) is 0 Å². The third-order valence-corrected chi connectivity index (χ3v) is 6.26. The SMILES string of the molecule is Cc1ccc(Nc2nnc(SCC(=O)N(C)CC(=O)NC3CC3)s2)cc1Cl. The number of nitrogens with zero attached hydrogens (tertiary/aromatic N) is 3. The van der Waals surface area contributed by atoms with E-state index in [4.69, 9.17) is 11.6 Å². The van der Waals surface area contributed by atoms with Gasteiger partial charge in [0, 0.05) is 23.8 Å². The van der Waals surface area contributed by atoms with Gasteiger partial charge >= 0.3 is 0 Å². The highest BCUT2D eigenvalue weighted by Gasteiger charge is 2.24. The van der Waals surface area contributed by atoms with Gasteiger partial charge in [0.2, 0.25) is 16.9 Å². The van der Waals surface area contributed by atoms with Crippen LogP contribution in [0.25, 0.3) is 0 Å². The number of nitrogens with one attached hydrogen (secondary N) is 2. The molecule has 1 aromatic heterocycles. The Hall–Kier alpha value is -1.84. The maximum Gasteiger partial charge on any atom is 0.239 e. The van der Waals surface area contributed by atoms with E-state index in [1.165, 1.54) is 28.0 Å². The Labute approximate surface area is 170 Å². The Morgan fingerprint density at radius 1 is 1.37 bits per heavy atom. The van der Waals surface area contributed by atoms with Crippen LogP contribution in [-0.2, 0) is 9.59 Å². The van der Waals surface area contributed by atoms with Crippen LogP contribution in [0, 0.1) is 6.92 Å². The lowest BCUT2D eigenvalue weighted by atomic mass is 10.2. The molecule has 3 rings (SSSR count). The van der Waals surface area contributed by atoms with Gasteiger partial charge in [-0.3, -0.25) is 9.59 Å². The molecule has 1 heterocycles. The highest BCUT2D eigenvalue weighted by molar-refractivity contribution is 8.01. The number of halogens is 1. The molecule has 2 aromatic rings. The van der Waals surface area contributed by atoms with Crippen molar-refractivity contribution in [2.75, 3.05) is 24.7 Å². The summed E-state index contributed by atoms with van der Waals surface area (Å²) in [7, 11) is 1.63. The zero-order valence-corrected chi connectivity index (χ0v) is 17.4. The molecule has 1 aliphatic carbocycles. The smallest absolute Gasteiger partial charge is 0.239 e. The molecule has 2 N–H and O–H groups in total. The number of hydrogen-bond acceptors (Lipinski definition) is 7. The Balaban J connectivity index is 1.46. The third kappa shape index (κ3) is 6.08. The Morgan fingerprint density at radius 2 is 2.15 bits per heavy atom. The molecule has 2 amide bonds. The van der Waals surface area contributed by atoms with E-state index in [-0.39, 0.29) is 24.1 Å². The molecule has 0 saturated heterocycles. The van der Waals surface area contributed by atoms with Gasteiger partial charge in [-0.05, 0) is 37.5 Å². The molecule has 0 aliphatic heterocycles. The van der Waals surface area contributed by atoms with Crippen molar-refractivity contribution in [1.82, 2.24) is 20.4 Å². The summed E-state index contributed by atoms with van der Waals surface area (Å²) in [6.07, 6.45) is 2.06. The van der Waals surface area contributed by atoms with E-state index >= 15 is 0 Å². The number of carbonyl (C=O) groups is 2. The van der Waals surface area contributed by atoms with E-state index in [1.54, 1.807) is 7.05 Å². The van der Waals surface area contributed by atoms with Crippen LogP contribution in [-0.4, -0.2) is 52.3 Å². The molecule has 0 atom stereocenters. The number of thioether (sulfide) groups is 1. The zero-order chi connectivity index (χ0) is 19.4. The summed E-state index contributed by atoms with van der Waals surface area (Å²) in [6.45, 7) is 2.02. The van der Waals surface area contributed by atoms with Crippen LogP contribution in [0.3, 0.4) is 0 Å². The molecule has 0 bridgehead atoms. The maximum atomic E-state index is 12.2. The second-order valence-electron chi connectivity index (χ2n) is 6.34. The van der Waals surface area contributed by atoms with E-state index in [9.17, 15) is 9.59 Å². The van der Waals surface area contributed by atoms with Gasteiger partial charge in [0.15, 0.2) is 4.34 Å². The number of benzene rings is 1. The minimum atomic E-state index is -0.124. The van der Waals surface area contributed by atoms with Crippen molar-refractivity contribution in [3.8, 4) is 0 Å². The predicted octanol–water partition coefficient (Wildman–Crippen LogP) is 3.07. The van der Waals surface area contributed by atoms with Crippen molar-refractivity contribution < 1.29 is 9.59 Å². The predicted molar refractivity (Wildman–Crippen MR) is 109 cm³/mol. The largest absolute Gasteiger partial charge is 0.352 e. The molecule has 1 aliphatic rings. The number of amides is 2. The van der Waals surface area contributed by atoms with Gasteiger partial charge in [0.1, 0.15) is 0 Å². The summed E-state index contributed by atoms with van der Waals surface area (Å²) in [5.74, 6) is -0.0310. The van der Waals surface area contributed by atoms with Crippen LogP contribution in [0.4, 0.5) is 10.8 Å². The number of aromatic nitrogens is 2. The number of likely N-dealkylation sites (N-methyl/N-ethyl adjacent to an activating group) is 1. The van der Waals surface area contributed by atoms with Crippen molar-refractivity contribution in [1.29, 1.82) is 0 Å². The second-order valence-corrected chi connectivity index (χ2v) is 8.95.